The first kappa shape index (κ1) is 17.6. The standard InChI is InChI=1S/C14H17ClN2O5S/c1-17(10-4-5-23(20,21)8-10)13(18)7-22-12-3-2-9(15)6-11(12)14(16)19/h2-3,6,10H,4-5,7-8H2,1H3,(H2,16,19)/t10-/m0/s1. The monoisotopic (exact) mass is 360 g/mol. The molecule has 2 amide bonds. The summed E-state index contributed by atoms with van der Waals surface area (Å²) >= 11 is 5.79. The van der Waals surface area contributed by atoms with Gasteiger partial charge in [-0.15, -0.1) is 0 Å². The highest BCUT2D eigenvalue weighted by molar-refractivity contribution is 7.91. The maximum Gasteiger partial charge on any atom is 0.260 e. The van der Waals surface area contributed by atoms with Crippen molar-refractivity contribution in [2.75, 3.05) is 25.2 Å². The van der Waals surface area contributed by atoms with E-state index in [0.29, 0.717) is 11.4 Å². The number of nitrogens with two attached hydrogens (primary N) is 1. The van der Waals surface area contributed by atoms with Crippen molar-refractivity contribution in [1.82, 2.24) is 4.90 Å². The number of amides is 2. The molecule has 1 fully saturated rings. The highest BCUT2D eigenvalue weighted by atomic mass is 35.5. The third-order valence-electron chi connectivity index (χ3n) is 3.71. The molecule has 0 unspecified atom stereocenters. The Morgan fingerprint density at radius 2 is 2.13 bits per heavy atom. The van der Waals surface area contributed by atoms with Crippen LogP contribution >= 0.6 is 11.6 Å². The second kappa shape index (κ2) is 6.76. The fourth-order valence-electron chi connectivity index (χ4n) is 2.35. The van der Waals surface area contributed by atoms with Crippen molar-refractivity contribution in [2.45, 2.75) is 12.5 Å². The van der Waals surface area contributed by atoms with Crippen molar-refractivity contribution < 1.29 is 22.7 Å². The number of ether oxygens (including phenoxy) is 1. The van der Waals surface area contributed by atoms with E-state index >= 15 is 0 Å². The quantitative estimate of drug-likeness (QED) is 0.821. The van der Waals surface area contributed by atoms with Gasteiger partial charge in [-0.3, -0.25) is 9.59 Å². The topological polar surface area (TPSA) is 107 Å². The van der Waals surface area contributed by atoms with Gasteiger partial charge in [0.1, 0.15) is 5.75 Å². The molecule has 1 heterocycles. The molecule has 0 radical (unpaired) electrons. The van der Waals surface area contributed by atoms with Crippen molar-refractivity contribution in [1.29, 1.82) is 0 Å². The SMILES string of the molecule is CN(C(=O)COc1ccc(Cl)cc1C(N)=O)[C@H]1CCS(=O)(=O)C1. The molecular weight excluding hydrogens is 344 g/mol. The number of hydrogen-bond acceptors (Lipinski definition) is 5. The van der Waals surface area contributed by atoms with E-state index in [4.69, 9.17) is 22.1 Å². The highest BCUT2D eigenvalue weighted by Crippen LogP contribution is 2.23. The Labute approximate surface area is 139 Å². The average Bonchev–Trinajstić information content (AvgIpc) is 2.84. The summed E-state index contributed by atoms with van der Waals surface area (Å²) in [4.78, 5) is 24.8. The minimum absolute atomic E-state index is 0.0390. The molecule has 9 heteroatoms. The van der Waals surface area contributed by atoms with Crippen LogP contribution in [0.15, 0.2) is 18.2 Å². The van der Waals surface area contributed by atoms with Gasteiger partial charge in [0.2, 0.25) is 0 Å². The molecule has 2 rings (SSSR count). The van der Waals surface area contributed by atoms with Crippen molar-refractivity contribution in [3.63, 3.8) is 0 Å². The average molecular weight is 361 g/mol. The van der Waals surface area contributed by atoms with Crippen molar-refractivity contribution >= 4 is 33.3 Å². The van der Waals surface area contributed by atoms with Gasteiger partial charge in [-0.05, 0) is 24.6 Å². The van der Waals surface area contributed by atoms with Gasteiger partial charge >= 0.3 is 0 Å². The lowest BCUT2D eigenvalue weighted by atomic mass is 10.2. The molecule has 1 aromatic rings. The van der Waals surface area contributed by atoms with E-state index in [1.165, 1.54) is 30.1 Å². The zero-order valence-corrected chi connectivity index (χ0v) is 14.1. The maximum absolute atomic E-state index is 12.1. The van der Waals surface area contributed by atoms with E-state index in [0.717, 1.165) is 0 Å². The minimum Gasteiger partial charge on any atom is -0.483 e. The summed E-state index contributed by atoms with van der Waals surface area (Å²) in [6.07, 6.45) is 0.415. The van der Waals surface area contributed by atoms with Crippen molar-refractivity contribution in [3.05, 3.63) is 28.8 Å². The number of carbonyl (C=O) groups excluding carboxylic acids is 2. The van der Waals surface area contributed by atoms with Gasteiger partial charge in [-0.1, -0.05) is 11.6 Å². The first-order valence-electron chi connectivity index (χ1n) is 6.88. The van der Waals surface area contributed by atoms with Crippen LogP contribution in [0, 0.1) is 0 Å². The summed E-state index contributed by atoms with van der Waals surface area (Å²) in [6, 6.07) is 3.98. The Hall–Kier alpha value is -1.80. The predicted octanol–water partition coefficient (Wildman–Crippen LogP) is 0.463. The van der Waals surface area contributed by atoms with Gasteiger partial charge in [0.15, 0.2) is 16.4 Å². The van der Waals surface area contributed by atoms with Gasteiger partial charge < -0.3 is 15.4 Å². The second-order valence-corrected chi connectivity index (χ2v) is 8.02. The predicted molar refractivity (Wildman–Crippen MR) is 85.3 cm³/mol. The zero-order valence-electron chi connectivity index (χ0n) is 12.5. The third-order valence-corrected chi connectivity index (χ3v) is 5.69. The number of hydrogen-bond donors (Lipinski definition) is 1. The molecule has 7 nitrogen and oxygen atoms in total. The summed E-state index contributed by atoms with van der Waals surface area (Å²) in [6.45, 7) is -0.324. The smallest absolute Gasteiger partial charge is 0.260 e. The van der Waals surface area contributed by atoms with Crippen LogP contribution in [0.25, 0.3) is 0 Å². The number of benzene rings is 1. The van der Waals surface area contributed by atoms with Gasteiger partial charge in [0, 0.05) is 18.1 Å². The number of halogens is 1. The Morgan fingerprint density at radius 3 is 2.70 bits per heavy atom. The van der Waals surface area contributed by atoms with E-state index in [2.05, 4.69) is 0 Å². The number of likely N-dealkylation sites (N-methyl/N-ethyl adjacent to an activating group) is 1. The summed E-state index contributed by atoms with van der Waals surface area (Å²) < 4.78 is 28.3. The van der Waals surface area contributed by atoms with Crippen LogP contribution in [0.2, 0.25) is 5.02 Å². The lowest BCUT2D eigenvalue weighted by Gasteiger charge is -2.23. The Morgan fingerprint density at radius 1 is 1.43 bits per heavy atom. The number of nitrogens with zero attached hydrogens (tertiary/aromatic N) is 1. The van der Waals surface area contributed by atoms with Crippen LogP contribution in [0.3, 0.4) is 0 Å². The molecule has 0 saturated carbocycles. The van der Waals surface area contributed by atoms with Crippen LogP contribution < -0.4 is 10.5 Å². The second-order valence-electron chi connectivity index (χ2n) is 5.35. The van der Waals surface area contributed by atoms with E-state index in [9.17, 15) is 18.0 Å². The summed E-state index contributed by atoms with van der Waals surface area (Å²) in [5, 5.41) is 0.325. The van der Waals surface area contributed by atoms with Crippen molar-refractivity contribution in [3.8, 4) is 5.75 Å². The molecule has 0 spiro atoms. The van der Waals surface area contributed by atoms with E-state index in [1.807, 2.05) is 0 Å². The van der Waals surface area contributed by atoms with Gasteiger partial charge in [0.25, 0.3) is 11.8 Å². The number of rotatable bonds is 5. The van der Waals surface area contributed by atoms with Crippen LogP contribution in [-0.4, -0.2) is 56.3 Å². The normalized spacial score (nSPS) is 19.3. The molecule has 0 aromatic heterocycles. The highest BCUT2D eigenvalue weighted by Gasteiger charge is 2.32. The fraction of sp³-hybridized carbons (Fsp3) is 0.429. The molecule has 23 heavy (non-hydrogen) atoms. The largest absolute Gasteiger partial charge is 0.483 e. The molecule has 1 atom stereocenters. The molecule has 1 aliphatic heterocycles. The fourth-order valence-corrected chi connectivity index (χ4v) is 4.29. The number of sulfone groups is 1. The Kier molecular flexibility index (Phi) is 5.16. The molecular formula is C14H17ClN2O5S. The molecule has 0 bridgehead atoms. The first-order chi connectivity index (χ1) is 10.7. The first-order valence-corrected chi connectivity index (χ1v) is 9.08. The molecule has 1 aliphatic rings. The van der Waals surface area contributed by atoms with Crippen LogP contribution in [0.5, 0.6) is 5.75 Å². The molecule has 126 valence electrons. The number of primary amides is 1. The van der Waals surface area contributed by atoms with Crippen LogP contribution in [0.4, 0.5) is 0 Å². The zero-order chi connectivity index (χ0) is 17.2. The summed E-state index contributed by atoms with van der Waals surface area (Å²) in [5.41, 5.74) is 5.32. The van der Waals surface area contributed by atoms with Gasteiger partial charge in [0.05, 0.1) is 17.1 Å². The van der Waals surface area contributed by atoms with Gasteiger partial charge in [-0.25, -0.2) is 8.42 Å². The lowest BCUT2D eigenvalue weighted by molar-refractivity contribution is -0.133. The van der Waals surface area contributed by atoms with Crippen molar-refractivity contribution in [2.24, 2.45) is 5.73 Å². The third kappa shape index (κ3) is 4.35. The molecule has 1 saturated heterocycles. The van der Waals surface area contributed by atoms with Gasteiger partial charge in [-0.2, -0.15) is 0 Å². The Balaban J connectivity index is 2.01. The summed E-state index contributed by atoms with van der Waals surface area (Å²) in [5.74, 6) is -0.896. The molecule has 2 N–H and O–H groups in total. The molecule has 1 aromatic carbocycles. The Bertz CT molecular complexity index is 735. The van der Waals surface area contributed by atoms with E-state index < -0.39 is 15.7 Å². The minimum atomic E-state index is -3.07. The van der Waals surface area contributed by atoms with Crippen LogP contribution in [-0.2, 0) is 14.6 Å². The van der Waals surface area contributed by atoms with E-state index in [1.54, 1.807) is 0 Å². The maximum atomic E-state index is 12.1. The lowest BCUT2D eigenvalue weighted by Crippen LogP contribution is -2.40. The van der Waals surface area contributed by atoms with Crippen LogP contribution in [0.1, 0.15) is 16.8 Å². The summed E-state index contributed by atoms with van der Waals surface area (Å²) in [7, 11) is -1.54. The number of carbonyl (C=O) groups is 2. The van der Waals surface area contributed by atoms with E-state index in [-0.39, 0.29) is 41.4 Å². The molecule has 0 aliphatic carbocycles.